The molecule has 1 aromatic carbocycles. The van der Waals surface area contributed by atoms with Gasteiger partial charge in [0.05, 0.1) is 24.3 Å². The number of amides is 2. The van der Waals surface area contributed by atoms with Gasteiger partial charge < -0.3 is 20.3 Å². The second-order valence-electron chi connectivity index (χ2n) is 8.76. The SMILES string of the molecule is C[C@@H](NC(=O)N1Cc2nc(NC3CCOCC3)ncc2C1C1CC1)c1cccc(Cl)c1. The van der Waals surface area contributed by atoms with E-state index in [0.717, 1.165) is 55.7 Å². The van der Waals surface area contributed by atoms with Gasteiger partial charge >= 0.3 is 6.03 Å². The maximum absolute atomic E-state index is 13.2. The first-order chi connectivity index (χ1) is 15.1. The monoisotopic (exact) mass is 441 g/mol. The van der Waals surface area contributed by atoms with E-state index in [0.29, 0.717) is 29.5 Å². The van der Waals surface area contributed by atoms with Gasteiger partial charge in [0.2, 0.25) is 5.95 Å². The van der Waals surface area contributed by atoms with Crippen LogP contribution in [0.15, 0.2) is 30.5 Å². The number of carbonyl (C=O) groups excluding carboxylic acids is 1. The van der Waals surface area contributed by atoms with Crippen molar-refractivity contribution in [3.05, 3.63) is 52.3 Å². The van der Waals surface area contributed by atoms with Crippen LogP contribution < -0.4 is 10.6 Å². The Morgan fingerprint density at radius 2 is 2.06 bits per heavy atom. The Balaban J connectivity index is 1.31. The van der Waals surface area contributed by atoms with Crippen LogP contribution in [-0.2, 0) is 11.3 Å². The maximum Gasteiger partial charge on any atom is 0.318 e. The summed E-state index contributed by atoms with van der Waals surface area (Å²) in [6.45, 7) is 4.03. The molecule has 3 heterocycles. The van der Waals surface area contributed by atoms with Gasteiger partial charge in [-0.15, -0.1) is 0 Å². The Kier molecular flexibility index (Phi) is 5.71. The lowest BCUT2D eigenvalue weighted by Crippen LogP contribution is -2.40. The van der Waals surface area contributed by atoms with E-state index >= 15 is 0 Å². The van der Waals surface area contributed by atoms with Gasteiger partial charge in [-0.05, 0) is 56.2 Å². The second kappa shape index (κ2) is 8.63. The number of fused-ring (bicyclic) bond motifs is 1. The predicted molar refractivity (Wildman–Crippen MR) is 119 cm³/mol. The average Bonchev–Trinajstić information content (AvgIpc) is 3.54. The van der Waals surface area contributed by atoms with Crippen molar-refractivity contribution < 1.29 is 9.53 Å². The Labute approximate surface area is 187 Å². The molecule has 1 aromatic heterocycles. The van der Waals surface area contributed by atoms with Crippen LogP contribution in [0.2, 0.25) is 5.02 Å². The molecule has 2 fully saturated rings. The molecule has 2 atom stereocenters. The Morgan fingerprint density at radius 3 is 2.81 bits per heavy atom. The van der Waals surface area contributed by atoms with E-state index in [1.165, 1.54) is 0 Å². The van der Waals surface area contributed by atoms with Crippen LogP contribution in [0.25, 0.3) is 0 Å². The number of halogens is 1. The molecule has 1 unspecified atom stereocenters. The van der Waals surface area contributed by atoms with Gasteiger partial charge in [-0.1, -0.05) is 23.7 Å². The minimum Gasteiger partial charge on any atom is -0.381 e. The summed E-state index contributed by atoms with van der Waals surface area (Å²) in [5.41, 5.74) is 3.03. The Morgan fingerprint density at radius 1 is 1.26 bits per heavy atom. The van der Waals surface area contributed by atoms with E-state index in [1.807, 2.05) is 42.3 Å². The highest BCUT2D eigenvalue weighted by molar-refractivity contribution is 6.30. The fraction of sp³-hybridized carbons (Fsp3) is 0.522. The molecule has 164 valence electrons. The first-order valence-corrected chi connectivity index (χ1v) is 11.5. The van der Waals surface area contributed by atoms with Gasteiger partial charge in [0.15, 0.2) is 0 Å². The number of benzene rings is 1. The quantitative estimate of drug-likeness (QED) is 0.716. The molecule has 2 aromatic rings. The van der Waals surface area contributed by atoms with E-state index in [1.54, 1.807) is 0 Å². The van der Waals surface area contributed by atoms with Crippen LogP contribution in [0.1, 0.15) is 61.5 Å². The van der Waals surface area contributed by atoms with Crippen molar-refractivity contribution in [1.82, 2.24) is 20.2 Å². The van der Waals surface area contributed by atoms with Gasteiger partial charge in [0.25, 0.3) is 0 Å². The zero-order valence-electron chi connectivity index (χ0n) is 17.7. The summed E-state index contributed by atoms with van der Waals surface area (Å²) in [6, 6.07) is 7.81. The molecule has 0 radical (unpaired) electrons. The molecule has 5 rings (SSSR count). The van der Waals surface area contributed by atoms with Crippen LogP contribution in [-0.4, -0.2) is 40.2 Å². The topological polar surface area (TPSA) is 79.4 Å². The first kappa shape index (κ1) is 20.5. The normalized spacial score (nSPS) is 22.1. The minimum atomic E-state index is -0.133. The number of aromatic nitrogens is 2. The molecule has 2 aliphatic heterocycles. The number of anilines is 1. The van der Waals surface area contributed by atoms with Crippen molar-refractivity contribution in [2.45, 2.75) is 57.3 Å². The molecule has 1 saturated carbocycles. The molecule has 31 heavy (non-hydrogen) atoms. The number of nitrogens with one attached hydrogen (secondary N) is 2. The third kappa shape index (κ3) is 4.48. The van der Waals surface area contributed by atoms with Crippen LogP contribution >= 0.6 is 11.6 Å². The molecule has 1 saturated heterocycles. The third-order valence-electron chi connectivity index (χ3n) is 6.45. The Bertz CT molecular complexity index is 961. The lowest BCUT2D eigenvalue weighted by atomic mass is 10.1. The number of nitrogens with zero attached hydrogens (tertiary/aromatic N) is 3. The lowest BCUT2D eigenvalue weighted by Gasteiger charge is -2.27. The summed E-state index contributed by atoms with van der Waals surface area (Å²) in [7, 11) is 0. The van der Waals surface area contributed by atoms with Crippen molar-refractivity contribution >= 4 is 23.6 Å². The molecular formula is C23H28ClN5O2. The minimum absolute atomic E-state index is 0.0543. The highest BCUT2D eigenvalue weighted by Crippen LogP contribution is 2.49. The van der Waals surface area contributed by atoms with E-state index in [2.05, 4.69) is 15.6 Å². The number of rotatable bonds is 5. The van der Waals surface area contributed by atoms with Crippen molar-refractivity contribution in [3.8, 4) is 0 Å². The van der Waals surface area contributed by atoms with Gasteiger partial charge in [-0.3, -0.25) is 0 Å². The molecular weight excluding hydrogens is 414 g/mol. The smallest absolute Gasteiger partial charge is 0.318 e. The molecule has 2 N–H and O–H groups in total. The summed E-state index contributed by atoms with van der Waals surface area (Å²) < 4.78 is 5.43. The maximum atomic E-state index is 13.2. The van der Waals surface area contributed by atoms with Crippen molar-refractivity contribution in [2.24, 2.45) is 5.92 Å². The number of hydrogen-bond donors (Lipinski definition) is 2. The summed E-state index contributed by atoms with van der Waals surface area (Å²) in [5.74, 6) is 1.14. The number of hydrogen-bond acceptors (Lipinski definition) is 5. The van der Waals surface area contributed by atoms with Crippen LogP contribution in [0.4, 0.5) is 10.7 Å². The van der Waals surface area contributed by atoms with Gasteiger partial charge in [0, 0.05) is 36.0 Å². The predicted octanol–water partition coefficient (Wildman–Crippen LogP) is 4.46. The standard InChI is InChI=1S/C23H28ClN5O2/c1-14(16-3-2-4-17(24)11-16)26-23(30)29-13-20-19(21(29)15-5-6-15)12-25-22(28-20)27-18-7-9-31-10-8-18/h2-4,11-12,14-15,18,21H,5-10,13H2,1H3,(H,26,30)(H,25,27,28)/t14-,21?/m1/s1. The lowest BCUT2D eigenvalue weighted by molar-refractivity contribution is 0.0903. The number of urea groups is 1. The van der Waals surface area contributed by atoms with Crippen molar-refractivity contribution in [3.63, 3.8) is 0 Å². The van der Waals surface area contributed by atoms with E-state index in [9.17, 15) is 4.79 Å². The van der Waals surface area contributed by atoms with Gasteiger partial charge in [-0.25, -0.2) is 14.8 Å². The number of carbonyl (C=O) groups is 1. The van der Waals surface area contributed by atoms with Crippen molar-refractivity contribution in [2.75, 3.05) is 18.5 Å². The van der Waals surface area contributed by atoms with E-state index < -0.39 is 0 Å². The van der Waals surface area contributed by atoms with Gasteiger partial charge in [-0.2, -0.15) is 0 Å². The zero-order chi connectivity index (χ0) is 21.4. The Hall–Kier alpha value is -2.38. The summed E-state index contributed by atoms with van der Waals surface area (Å²) in [5, 5.41) is 7.25. The average molecular weight is 442 g/mol. The molecule has 0 bridgehead atoms. The third-order valence-corrected chi connectivity index (χ3v) is 6.68. The summed E-state index contributed by atoms with van der Waals surface area (Å²) in [6.07, 6.45) is 6.11. The van der Waals surface area contributed by atoms with Crippen LogP contribution in [0.3, 0.4) is 0 Å². The second-order valence-corrected chi connectivity index (χ2v) is 9.20. The van der Waals surface area contributed by atoms with Crippen molar-refractivity contribution in [1.29, 1.82) is 0 Å². The molecule has 8 heteroatoms. The molecule has 1 aliphatic carbocycles. The highest BCUT2D eigenvalue weighted by atomic mass is 35.5. The molecule has 0 spiro atoms. The van der Waals surface area contributed by atoms with E-state index in [-0.39, 0.29) is 18.1 Å². The van der Waals surface area contributed by atoms with E-state index in [4.69, 9.17) is 21.3 Å². The molecule has 7 nitrogen and oxygen atoms in total. The van der Waals surface area contributed by atoms with Gasteiger partial charge in [0.1, 0.15) is 0 Å². The largest absolute Gasteiger partial charge is 0.381 e. The fourth-order valence-corrected chi connectivity index (χ4v) is 4.77. The first-order valence-electron chi connectivity index (χ1n) is 11.1. The fourth-order valence-electron chi connectivity index (χ4n) is 4.57. The number of ether oxygens (including phenoxy) is 1. The zero-order valence-corrected chi connectivity index (χ0v) is 18.4. The highest BCUT2D eigenvalue weighted by Gasteiger charge is 2.44. The summed E-state index contributed by atoms with van der Waals surface area (Å²) >= 11 is 6.12. The van der Waals surface area contributed by atoms with Crippen LogP contribution in [0.5, 0.6) is 0 Å². The van der Waals surface area contributed by atoms with Crippen LogP contribution in [0, 0.1) is 5.92 Å². The summed E-state index contributed by atoms with van der Waals surface area (Å²) in [4.78, 5) is 24.5. The molecule has 2 amide bonds. The molecule has 3 aliphatic rings.